The second-order valence-corrected chi connectivity index (χ2v) is 9.03. The van der Waals surface area contributed by atoms with Gasteiger partial charge in [0.25, 0.3) is 5.91 Å². The zero-order valence-electron chi connectivity index (χ0n) is 15.4. The zero-order chi connectivity index (χ0) is 20.5. The van der Waals surface area contributed by atoms with E-state index >= 15 is 0 Å². The lowest BCUT2D eigenvalue weighted by Gasteiger charge is -2.26. The molecule has 0 fully saturated rings. The molecule has 1 aliphatic rings. The number of carbonyl (C=O) groups is 1. The summed E-state index contributed by atoms with van der Waals surface area (Å²) in [6.07, 6.45) is 0.460. The molecule has 1 aliphatic heterocycles. The fourth-order valence-electron chi connectivity index (χ4n) is 3.09. The topological polar surface area (TPSA) is 102 Å². The summed E-state index contributed by atoms with van der Waals surface area (Å²) < 4.78 is 29.6. The van der Waals surface area contributed by atoms with Crippen molar-refractivity contribution < 1.29 is 17.4 Å². The van der Waals surface area contributed by atoms with Crippen LogP contribution in [0.1, 0.15) is 24.5 Å². The van der Waals surface area contributed by atoms with Crippen LogP contribution in [-0.4, -0.2) is 38.0 Å². The van der Waals surface area contributed by atoms with Gasteiger partial charge in [0, 0.05) is 11.5 Å². The van der Waals surface area contributed by atoms with E-state index in [9.17, 15) is 13.2 Å². The number of amides is 1. The van der Waals surface area contributed by atoms with Crippen LogP contribution in [-0.2, 0) is 20.5 Å². The summed E-state index contributed by atoms with van der Waals surface area (Å²) in [4.78, 5) is 18.9. The first-order valence-electron chi connectivity index (χ1n) is 8.62. The van der Waals surface area contributed by atoms with E-state index in [1.165, 1.54) is 17.0 Å². The molecule has 0 radical (unpaired) electrons. The SMILES string of the molecule is CCCS(=O)(=O)Oc1ccc(C2(c3cccc(Br)c3)N=C(N)N(C)C2=O)cc1. The standard InChI is InChI=1S/C19H20BrN3O4S/c1-3-11-28(25,26)27-16-9-7-13(8-10-16)19(14-5-4-6-15(20)12-14)17(24)23(2)18(21)22-19/h4-10,12H,3,11H2,1-2H3,(H2,21,22). The number of nitrogens with two attached hydrogens (primary N) is 1. The van der Waals surface area contributed by atoms with Crippen molar-refractivity contribution in [3.63, 3.8) is 0 Å². The number of benzene rings is 2. The first-order valence-corrected chi connectivity index (χ1v) is 11.0. The molecule has 2 N–H and O–H groups in total. The second kappa shape index (κ2) is 7.56. The molecular formula is C19H20BrN3O4S. The second-order valence-electron chi connectivity index (χ2n) is 6.42. The smallest absolute Gasteiger partial charge is 0.309 e. The lowest BCUT2D eigenvalue weighted by Crippen LogP contribution is -2.41. The Morgan fingerprint density at radius 2 is 1.86 bits per heavy atom. The maximum absolute atomic E-state index is 13.1. The summed E-state index contributed by atoms with van der Waals surface area (Å²) in [6, 6.07) is 13.6. The van der Waals surface area contributed by atoms with Gasteiger partial charge in [-0.1, -0.05) is 47.1 Å². The molecule has 9 heteroatoms. The van der Waals surface area contributed by atoms with Crippen molar-refractivity contribution >= 4 is 37.9 Å². The van der Waals surface area contributed by atoms with Crippen molar-refractivity contribution in [1.29, 1.82) is 0 Å². The lowest BCUT2D eigenvalue weighted by molar-refractivity contribution is -0.129. The molecule has 3 rings (SSSR count). The predicted molar refractivity (Wildman–Crippen MR) is 110 cm³/mol. The molecule has 0 spiro atoms. The van der Waals surface area contributed by atoms with Crippen molar-refractivity contribution in [2.45, 2.75) is 18.9 Å². The van der Waals surface area contributed by atoms with Crippen LogP contribution in [0, 0.1) is 0 Å². The van der Waals surface area contributed by atoms with E-state index in [0.29, 0.717) is 17.5 Å². The summed E-state index contributed by atoms with van der Waals surface area (Å²) in [7, 11) is -2.08. The van der Waals surface area contributed by atoms with Gasteiger partial charge in [-0.3, -0.25) is 9.69 Å². The van der Waals surface area contributed by atoms with E-state index in [4.69, 9.17) is 9.92 Å². The van der Waals surface area contributed by atoms with Crippen LogP contribution in [0.25, 0.3) is 0 Å². The summed E-state index contributed by atoms with van der Waals surface area (Å²) >= 11 is 3.42. The third-order valence-electron chi connectivity index (χ3n) is 4.43. The summed E-state index contributed by atoms with van der Waals surface area (Å²) in [5, 5.41) is 0. The third kappa shape index (κ3) is 3.64. The van der Waals surface area contributed by atoms with Gasteiger partial charge in [-0.05, 0) is 41.8 Å². The summed E-state index contributed by atoms with van der Waals surface area (Å²) in [5.41, 5.74) is 5.80. The number of carbonyl (C=O) groups excluding carboxylic acids is 1. The number of aliphatic imine (C=N–C) groups is 1. The maximum atomic E-state index is 13.1. The molecule has 1 unspecified atom stereocenters. The normalized spacial score (nSPS) is 19.6. The zero-order valence-corrected chi connectivity index (χ0v) is 17.8. The van der Waals surface area contributed by atoms with Gasteiger partial charge in [0.05, 0.1) is 5.75 Å². The van der Waals surface area contributed by atoms with Gasteiger partial charge in [-0.15, -0.1) is 0 Å². The van der Waals surface area contributed by atoms with E-state index in [1.54, 1.807) is 32.2 Å². The predicted octanol–water partition coefficient (Wildman–Crippen LogP) is 2.60. The molecule has 28 heavy (non-hydrogen) atoms. The average Bonchev–Trinajstić information content (AvgIpc) is 2.87. The van der Waals surface area contributed by atoms with Crippen LogP contribution in [0.2, 0.25) is 0 Å². The van der Waals surface area contributed by atoms with Crippen LogP contribution in [0.5, 0.6) is 5.75 Å². The number of hydrogen-bond acceptors (Lipinski definition) is 6. The molecule has 0 saturated heterocycles. The van der Waals surface area contributed by atoms with Gasteiger partial charge in [0.15, 0.2) is 11.5 Å². The number of hydrogen-bond donors (Lipinski definition) is 1. The van der Waals surface area contributed by atoms with Crippen molar-refractivity contribution in [2.75, 3.05) is 12.8 Å². The first kappa shape index (κ1) is 20.3. The van der Waals surface area contributed by atoms with Crippen molar-refractivity contribution in [3.8, 4) is 5.75 Å². The number of guanidine groups is 1. The molecule has 1 amide bonds. The maximum Gasteiger partial charge on any atom is 0.309 e. The van der Waals surface area contributed by atoms with E-state index in [1.807, 2.05) is 18.2 Å². The Labute approximate surface area is 172 Å². The quantitative estimate of drug-likeness (QED) is 0.660. The van der Waals surface area contributed by atoms with Crippen LogP contribution < -0.4 is 9.92 Å². The molecule has 0 bridgehead atoms. The molecular weight excluding hydrogens is 446 g/mol. The highest BCUT2D eigenvalue weighted by atomic mass is 79.9. The van der Waals surface area contributed by atoms with Gasteiger partial charge in [-0.25, -0.2) is 4.99 Å². The van der Waals surface area contributed by atoms with Crippen molar-refractivity contribution in [3.05, 3.63) is 64.1 Å². The van der Waals surface area contributed by atoms with Crippen LogP contribution in [0.15, 0.2) is 58.0 Å². The summed E-state index contributed by atoms with van der Waals surface area (Å²) in [6.45, 7) is 1.76. The van der Waals surface area contributed by atoms with Crippen molar-refractivity contribution in [2.24, 2.45) is 10.7 Å². The highest BCUT2D eigenvalue weighted by molar-refractivity contribution is 9.10. The Hall–Kier alpha value is -2.39. The fraction of sp³-hybridized carbons (Fsp3) is 0.263. The van der Waals surface area contributed by atoms with Gasteiger partial charge in [0.1, 0.15) is 5.75 Å². The van der Waals surface area contributed by atoms with E-state index in [2.05, 4.69) is 20.9 Å². The number of halogens is 1. The molecule has 2 aromatic carbocycles. The van der Waals surface area contributed by atoms with E-state index < -0.39 is 15.7 Å². The Morgan fingerprint density at radius 1 is 1.18 bits per heavy atom. The Kier molecular flexibility index (Phi) is 5.49. The monoisotopic (exact) mass is 465 g/mol. The Balaban J connectivity index is 2.07. The van der Waals surface area contributed by atoms with Gasteiger partial charge < -0.3 is 9.92 Å². The minimum absolute atomic E-state index is 0.0686. The fourth-order valence-corrected chi connectivity index (χ4v) is 4.47. The van der Waals surface area contributed by atoms with Gasteiger partial charge in [0.2, 0.25) is 0 Å². The lowest BCUT2D eigenvalue weighted by atomic mass is 9.83. The average molecular weight is 466 g/mol. The molecule has 0 saturated carbocycles. The molecule has 2 aromatic rings. The number of rotatable bonds is 6. The molecule has 1 atom stereocenters. The third-order valence-corrected chi connectivity index (χ3v) is 6.28. The van der Waals surface area contributed by atoms with E-state index in [-0.39, 0.29) is 23.4 Å². The van der Waals surface area contributed by atoms with Crippen LogP contribution in [0.3, 0.4) is 0 Å². The number of nitrogens with zero attached hydrogens (tertiary/aromatic N) is 2. The largest absolute Gasteiger partial charge is 0.382 e. The van der Waals surface area contributed by atoms with E-state index in [0.717, 1.165) is 4.47 Å². The molecule has 1 heterocycles. The van der Waals surface area contributed by atoms with Gasteiger partial charge in [-0.2, -0.15) is 8.42 Å². The molecule has 0 aliphatic carbocycles. The minimum atomic E-state index is -3.65. The molecule has 148 valence electrons. The van der Waals surface area contributed by atoms with Gasteiger partial charge >= 0.3 is 10.1 Å². The van der Waals surface area contributed by atoms with Crippen LogP contribution >= 0.6 is 15.9 Å². The first-order chi connectivity index (χ1) is 13.2. The summed E-state index contributed by atoms with van der Waals surface area (Å²) in [5.74, 6) is -0.0792. The highest BCUT2D eigenvalue weighted by Gasteiger charge is 2.49. The number of likely N-dealkylation sites (N-methyl/N-ethyl adjacent to an activating group) is 1. The Bertz CT molecular complexity index is 1040. The van der Waals surface area contributed by atoms with Crippen LogP contribution in [0.4, 0.5) is 0 Å². The highest BCUT2D eigenvalue weighted by Crippen LogP contribution is 2.40. The van der Waals surface area contributed by atoms with Crippen molar-refractivity contribution in [1.82, 2.24) is 4.90 Å². The Morgan fingerprint density at radius 3 is 2.39 bits per heavy atom. The molecule has 7 nitrogen and oxygen atoms in total. The molecule has 0 aromatic heterocycles. The minimum Gasteiger partial charge on any atom is -0.382 e.